The molecule has 7 nitrogen and oxygen atoms in total. The fourth-order valence-corrected chi connectivity index (χ4v) is 4.38. The maximum absolute atomic E-state index is 12.9. The number of anilines is 1. The number of piperazine rings is 1. The third-order valence-electron chi connectivity index (χ3n) is 6.14. The molecule has 0 spiro atoms. The van der Waals surface area contributed by atoms with Gasteiger partial charge in [0, 0.05) is 50.5 Å². The van der Waals surface area contributed by atoms with E-state index in [1.54, 1.807) is 0 Å². The number of fused-ring (bicyclic) bond motifs is 1. The van der Waals surface area contributed by atoms with Crippen LogP contribution in [0.15, 0.2) is 58.6 Å². The normalized spacial score (nSPS) is 23.4. The molecule has 3 aliphatic heterocycles. The van der Waals surface area contributed by atoms with Crippen LogP contribution in [0.4, 0.5) is 5.69 Å². The maximum Gasteiger partial charge on any atom is 0.261 e. The van der Waals surface area contributed by atoms with Gasteiger partial charge in [-0.25, -0.2) is 4.99 Å². The molecule has 2 fully saturated rings. The fourth-order valence-electron chi connectivity index (χ4n) is 4.38. The fraction of sp³-hybridized carbons (Fsp3) is 0.391. The smallest absolute Gasteiger partial charge is 0.261 e. The molecule has 0 bridgehead atoms. The Morgan fingerprint density at radius 2 is 1.60 bits per heavy atom. The van der Waals surface area contributed by atoms with Crippen molar-refractivity contribution >= 4 is 29.2 Å². The van der Waals surface area contributed by atoms with E-state index in [0.29, 0.717) is 32.1 Å². The molecule has 154 valence electrons. The first-order valence-corrected chi connectivity index (χ1v) is 10.6. The lowest BCUT2D eigenvalue weighted by Gasteiger charge is -2.36. The Labute approximate surface area is 176 Å². The highest BCUT2D eigenvalue weighted by molar-refractivity contribution is 6.21. The van der Waals surface area contributed by atoms with Crippen LogP contribution < -0.4 is 4.90 Å². The predicted molar refractivity (Wildman–Crippen MR) is 117 cm³/mol. The first-order chi connectivity index (χ1) is 14.7. The van der Waals surface area contributed by atoms with Gasteiger partial charge in [-0.2, -0.15) is 4.99 Å². The van der Waals surface area contributed by atoms with Crippen molar-refractivity contribution in [3.63, 3.8) is 0 Å². The molecule has 7 heteroatoms. The molecule has 1 aliphatic carbocycles. The van der Waals surface area contributed by atoms with Crippen LogP contribution in [0, 0.1) is 5.92 Å². The number of carbonyl (C=O) groups excluding carboxylic acids is 2. The second-order valence-corrected chi connectivity index (χ2v) is 8.03. The van der Waals surface area contributed by atoms with Gasteiger partial charge in [-0.3, -0.25) is 9.59 Å². The van der Waals surface area contributed by atoms with E-state index in [1.165, 1.54) is 18.5 Å². The Kier molecular flexibility index (Phi) is 4.94. The molecule has 0 saturated carbocycles. The SMILES string of the molecule is O=C1N=C(N2CCN(C(=O)c3ccc(N4CCCC4)cc3)CC2)N=C2C=CC=CC12. The summed E-state index contributed by atoms with van der Waals surface area (Å²) in [6, 6.07) is 7.97. The monoisotopic (exact) mass is 403 g/mol. The second kappa shape index (κ2) is 7.89. The molecular weight excluding hydrogens is 378 g/mol. The Morgan fingerprint density at radius 3 is 2.33 bits per heavy atom. The van der Waals surface area contributed by atoms with E-state index >= 15 is 0 Å². The summed E-state index contributed by atoms with van der Waals surface area (Å²) < 4.78 is 0. The summed E-state index contributed by atoms with van der Waals surface area (Å²) in [4.78, 5) is 40.2. The van der Waals surface area contributed by atoms with Gasteiger partial charge in [0.15, 0.2) is 0 Å². The zero-order chi connectivity index (χ0) is 20.5. The third kappa shape index (κ3) is 3.56. The summed E-state index contributed by atoms with van der Waals surface area (Å²) in [7, 11) is 0. The molecule has 4 aliphatic rings. The van der Waals surface area contributed by atoms with E-state index in [-0.39, 0.29) is 17.7 Å². The lowest BCUT2D eigenvalue weighted by atomic mass is 9.97. The van der Waals surface area contributed by atoms with Gasteiger partial charge in [0.1, 0.15) is 5.92 Å². The van der Waals surface area contributed by atoms with Crippen molar-refractivity contribution in [2.75, 3.05) is 44.2 Å². The number of hydrogen-bond donors (Lipinski definition) is 0. The van der Waals surface area contributed by atoms with Crippen molar-refractivity contribution < 1.29 is 9.59 Å². The summed E-state index contributed by atoms with van der Waals surface area (Å²) in [5, 5.41) is 0. The van der Waals surface area contributed by atoms with Crippen LogP contribution in [0.25, 0.3) is 0 Å². The number of carbonyl (C=O) groups is 2. The van der Waals surface area contributed by atoms with E-state index in [1.807, 2.05) is 46.2 Å². The molecule has 30 heavy (non-hydrogen) atoms. The van der Waals surface area contributed by atoms with Gasteiger partial charge in [0.25, 0.3) is 11.8 Å². The van der Waals surface area contributed by atoms with E-state index in [2.05, 4.69) is 27.0 Å². The summed E-state index contributed by atoms with van der Waals surface area (Å²) >= 11 is 0. The maximum atomic E-state index is 12.9. The van der Waals surface area contributed by atoms with Crippen LogP contribution in [0.1, 0.15) is 23.2 Å². The molecule has 1 aromatic rings. The van der Waals surface area contributed by atoms with Crippen molar-refractivity contribution in [2.24, 2.45) is 15.9 Å². The van der Waals surface area contributed by atoms with Gasteiger partial charge in [-0.1, -0.05) is 18.2 Å². The zero-order valence-corrected chi connectivity index (χ0v) is 16.9. The molecule has 3 heterocycles. The van der Waals surface area contributed by atoms with E-state index in [4.69, 9.17) is 0 Å². The van der Waals surface area contributed by atoms with Crippen LogP contribution in [-0.2, 0) is 4.79 Å². The predicted octanol–water partition coefficient (Wildman–Crippen LogP) is 2.12. The van der Waals surface area contributed by atoms with Gasteiger partial charge in [-0.05, 0) is 43.2 Å². The van der Waals surface area contributed by atoms with Gasteiger partial charge >= 0.3 is 0 Å². The highest BCUT2D eigenvalue weighted by atomic mass is 16.2. The molecule has 2 saturated heterocycles. The summed E-state index contributed by atoms with van der Waals surface area (Å²) in [6.07, 6.45) is 9.90. The average molecular weight is 403 g/mol. The number of allylic oxidation sites excluding steroid dienone is 3. The lowest BCUT2D eigenvalue weighted by molar-refractivity contribution is -0.118. The molecule has 5 rings (SSSR count). The van der Waals surface area contributed by atoms with E-state index < -0.39 is 0 Å². The first kappa shape index (κ1) is 18.8. The largest absolute Gasteiger partial charge is 0.372 e. The number of guanidine groups is 1. The Balaban J connectivity index is 1.21. The molecule has 0 N–H and O–H groups in total. The quantitative estimate of drug-likeness (QED) is 0.759. The molecule has 1 atom stereocenters. The van der Waals surface area contributed by atoms with Gasteiger partial charge < -0.3 is 14.7 Å². The van der Waals surface area contributed by atoms with Crippen molar-refractivity contribution in [1.82, 2.24) is 9.80 Å². The Morgan fingerprint density at radius 1 is 0.867 bits per heavy atom. The third-order valence-corrected chi connectivity index (χ3v) is 6.14. The van der Waals surface area contributed by atoms with Gasteiger partial charge in [0.2, 0.25) is 5.96 Å². The number of aliphatic imine (C=N–C) groups is 2. The van der Waals surface area contributed by atoms with Crippen LogP contribution in [0.2, 0.25) is 0 Å². The van der Waals surface area contributed by atoms with Crippen molar-refractivity contribution in [3.8, 4) is 0 Å². The molecule has 1 aromatic carbocycles. The minimum atomic E-state index is -0.356. The lowest BCUT2D eigenvalue weighted by Crippen LogP contribution is -2.51. The zero-order valence-electron chi connectivity index (χ0n) is 16.9. The molecule has 0 radical (unpaired) electrons. The number of amides is 2. The Hall–Kier alpha value is -3.22. The molecule has 0 aromatic heterocycles. The number of nitrogens with zero attached hydrogens (tertiary/aromatic N) is 5. The van der Waals surface area contributed by atoms with E-state index in [9.17, 15) is 9.59 Å². The van der Waals surface area contributed by atoms with Crippen molar-refractivity contribution in [2.45, 2.75) is 12.8 Å². The van der Waals surface area contributed by atoms with Gasteiger partial charge in [-0.15, -0.1) is 0 Å². The molecular formula is C23H25N5O2. The van der Waals surface area contributed by atoms with Crippen molar-refractivity contribution in [1.29, 1.82) is 0 Å². The topological polar surface area (TPSA) is 68.6 Å². The molecule has 2 amide bonds. The van der Waals surface area contributed by atoms with Crippen LogP contribution in [0.5, 0.6) is 0 Å². The molecule has 1 unspecified atom stereocenters. The van der Waals surface area contributed by atoms with Crippen molar-refractivity contribution in [3.05, 3.63) is 54.1 Å². The highest BCUT2D eigenvalue weighted by Gasteiger charge is 2.30. The van der Waals surface area contributed by atoms with Crippen LogP contribution >= 0.6 is 0 Å². The minimum Gasteiger partial charge on any atom is -0.372 e. The van der Waals surface area contributed by atoms with Crippen LogP contribution in [0.3, 0.4) is 0 Å². The summed E-state index contributed by atoms with van der Waals surface area (Å²) in [5.74, 6) is -0.0124. The van der Waals surface area contributed by atoms with Crippen LogP contribution in [-0.4, -0.2) is 72.6 Å². The first-order valence-electron chi connectivity index (χ1n) is 10.6. The second-order valence-electron chi connectivity index (χ2n) is 8.03. The summed E-state index contributed by atoms with van der Waals surface area (Å²) in [5.41, 5.74) is 2.65. The highest BCUT2D eigenvalue weighted by Crippen LogP contribution is 2.22. The standard InChI is InChI=1S/C23H25N5O2/c29-21-19-5-1-2-6-20(19)24-23(25-21)28-15-13-27(14-16-28)22(30)17-7-9-18(10-8-17)26-11-3-4-12-26/h1-2,5-10,19H,3-4,11-16H2. The average Bonchev–Trinajstić information content (AvgIpc) is 3.34. The van der Waals surface area contributed by atoms with Gasteiger partial charge in [0.05, 0.1) is 5.71 Å². The Bertz CT molecular complexity index is 962. The number of rotatable bonds is 2. The summed E-state index contributed by atoms with van der Waals surface area (Å²) in [6.45, 7) is 4.60. The minimum absolute atomic E-state index is 0.0519. The number of hydrogen-bond acceptors (Lipinski definition) is 5. The van der Waals surface area contributed by atoms with E-state index in [0.717, 1.165) is 24.4 Å². The number of benzene rings is 1.